The Labute approximate surface area is 124 Å². The minimum absolute atomic E-state index is 0.0984. The van der Waals surface area contributed by atoms with E-state index in [0.717, 1.165) is 18.5 Å². The van der Waals surface area contributed by atoms with Gasteiger partial charge in [0.1, 0.15) is 10.4 Å². The number of benzene rings is 1. The Kier molecular flexibility index (Phi) is 4.71. The van der Waals surface area contributed by atoms with Gasteiger partial charge in [-0.3, -0.25) is 0 Å². The van der Waals surface area contributed by atoms with Crippen LogP contribution in [0.5, 0.6) is 0 Å². The topological polar surface area (TPSA) is 37.8 Å². The lowest BCUT2D eigenvalue weighted by Gasteiger charge is -2.10. The molecule has 19 heavy (non-hydrogen) atoms. The fourth-order valence-electron chi connectivity index (χ4n) is 1.63. The quantitative estimate of drug-likeness (QED) is 0.871. The number of hydrogen-bond acceptors (Lipinski definition) is 3. The Morgan fingerprint density at radius 1 is 1.42 bits per heavy atom. The zero-order chi connectivity index (χ0) is 13.8. The number of aromatic nitrogens is 2. The van der Waals surface area contributed by atoms with Gasteiger partial charge in [-0.25, -0.2) is 14.4 Å². The van der Waals surface area contributed by atoms with Crippen LogP contribution < -0.4 is 5.32 Å². The number of anilines is 2. The van der Waals surface area contributed by atoms with Crippen LogP contribution in [-0.4, -0.2) is 9.97 Å². The summed E-state index contributed by atoms with van der Waals surface area (Å²) in [5, 5.41) is 3.16. The van der Waals surface area contributed by atoms with Gasteiger partial charge in [-0.1, -0.05) is 24.9 Å². The van der Waals surface area contributed by atoms with Crippen molar-refractivity contribution in [3.8, 4) is 0 Å². The van der Waals surface area contributed by atoms with Crippen LogP contribution in [-0.2, 0) is 6.42 Å². The van der Waals surface area contributed by atoms with Crippen molar-refractivity contribution in [1.82, 2.24) is 9.97 Å². The highest BCUT2D eigenvalue weighted by molar-refractivity contribution is 9.10. The summed E-state index contributed by atoms with van der Waals surface area (Å²) < 4.78 is 14.1. The molecule has 0 aliphatic carbocycles. The van der Waals surface area contributed by atoms with Crippen molar-refractivity contribution in [2.24, 2.45) is 0 Å². The number of hydrogen-bond donors (Lipinski definition) is 1. The van der Waals surface area contributed by atoms with E-state index in [1.807, 2.05) is 0 Å². The molecule has 100 valence electrons. The van der Waals surface area contributed by atoms with Crippen LogP contribution in [0.1, 0.15) is 19.0 Å². The largest absolute Gasteiger partial charge is 0.339 e. The van der Waals surface area contributed by atoms with Gasteiger partial charge in [-0.15, -0.1) is 0 Å². The van der Waals surface area contributed by atoms with Crippen LogP contribution >= 0.6 is 27.5 Å². The van der Waals surface area contributed by atoms with Gasteiger partial charge in [-0.05, 0) is 40.5 Å². The molecular formula is C13H12BrClFN3. The Balaban J connectivity index is 2.29. The zero-order valence-electron chi connectivity index (χ0n) is 10.3. The molecule has 0 unspecified atom stereocenters. The highest BCUT2D eigenvalue weighted by Gasteiger charge is 2.08. The Morgan fingerprint density at radius 2 is 2.21 bits per heavy atom. The Hall–Kier alpha value is -1.20. The van der Waals surface area contributed by atoms with Crippen molar-refractivity contribution >= 4 is 39.0 Å². The molecule has 0 saturated heterocycles. The van der Waals surface area contributed by atoms with E-state index >= 15 is 0 Å². The van der Waals surface area contributed by atoms with E-state index in [1.54, 1.807) is 12.3 Å². The van der Waals surface area contributed by atoms with Crippen LogP contribution in [0.2, 0.25) is 5.02 Å². The molecule has 0 radical (unpaired) electrons. The van der Waals surface area contributed by atoms with Crippen LogP contribution in [0, 0.1) is 5.82 Å². The van der Waals surface area contributed by atoms with Crippen molar-refractivity contribution in [2.75, 3.05) is 5.32 Å². The first kappa shape index (κ1) is 14.2. The summed E-state index contributed by atoms with van der Waals surface area (Å²) in [7, 11) is 0. The zero-order valence-corrected chi connectivity index (χ0v) is 12.6. The molecule has 0 aliphatic heterocycles. The van der Waals surface area contributed by atoms with Gasteiger partial charge < -0.3 is 5.32 Å². The molecule has 2 aromatic rings. The molecule has 1 aromatic heterocycles. The van der Waals surface area contributed by atoms with Gasteiger partial charge in [0.25, 0.3) is 0 Å². The maximum atomic E-state index is 13.4. The summed E-state index contributed by atoms with van der Waals surface area (Å²) in [5.41, 5.74) is 1.43. The number of nitrogens with zero attached hydrogens (tertiary/aromatic N) is 2. The fourth-order valence-corrected chi connectivity index (χ4v) is 2.06. The summed E-state index contributed by atoms with van der Waals surface area (Å²) in [5.74, 6) is 0.167. The maximum Gasteiger partial charge on any atom is 0.152 e. The summed E-state index contributed by atoms with van der Waals surface area (Å²) in [6.07, 6.45) is 3.35. The highest BCUT2D eigenvalue weighted by atomic mass is 79.9. The first-order valence-electron chi connectivity index (χ1n) is 5.83. The van der Waals surface area contributed by atoms with E-state index in [-0.39, 0.29) is 5.02 Å². The van der Waals surface area contributed by atoms with Crippen molar-refractivity contribution < 1.29 is 4.39 Å². The van der Waals surface area contributed by atoms with Gasteiger partial charge in [0.05, 0.1) is 16.9 Å². The number of halogens is 3. The molecule has 3 nitrogen and oxygen atoms in total. The summed E-state index contributed by atoms with van der Waals surface area (Å²) >= 11 is 8.94. The average Bonchev–Trinajstić information content (AvgIpc) is 2.37. The molecule has 0 saturated carbocycles. The normalized spacial score (nSPS) is 10.5. The predicted octanol–water partition coefficient (Wildman–Crippen LogP) is 4.73. The molecule has 0 spiro atoms. The lowest BCUT2D eigenvalue weighted by atomic mass is 10.2. The van der Waals surface area contributed by atoms with Crippen molar-refractivity contribution in [2.45, 2.75) is 19.8 Å². The van der Waals surface area contributed by atoms with Gasteiger partial charge in [-0.2, -0.15) is 0 Å². The number of nitrogens with one attached hydrogen (secondary N) is 1. The first-order valence-corrected chi connectivity index (χ1v) is 7.00. The maximum absolute atomic E-state index is 13.4. The number of aryl methyl sites for hydroxylation is 1. The second-order valence-electron chi connectivity index (χ2n) is 3.99. The summed E-state index contributed by atoms with van der Waals surface area (Å²) in [6, 6.07) is 4.54. The summed E-state index contributed by atoms with van der Waals surface area (Å²) in [4.78, 5) is 8.64. The van der Waals surface area contributed by atoms with Crippen molar-refractivity contribution in [1.29, 1.82) is 0 Å². The van der Waals surface area contributed by atoms with Gasteiger partial charge >= 0.3 is 0 Å². The third-order valence-electron chi connectivity index (χ3n) is 2.48. The standard InChI is InChI=1S/C13H12BrClFN3/c1-2-3-11-13(17-7-12(14)19-11)18-8-4-5-9(15)10(16)6-8/h4-7H,2-3H2,1H3,(H,17,18). The van der Waals surface area contributed by atoms with Crippen molar-refractivity contribution in [3.63, 3.8) is 0 Å². The molecule has 2 rings (SSSR count). The van der Waals surface area contributed by atoms with Crippen molar-refractivity contribution in [3.05, 3.63) is 45.5 Å². The van der Waals surface area contributed by atoms with E-state index in [0.29, 0.717) is 16.1 Å². The minimum Gasteiger partial charge on any atom is -0.339 e. The molecule has 0 atom stereocenters. The molecule has 0 aliphatic rings. The minimum atomic E-state index is -0.464. The van der Waals surface area contributed by atoms with E-state index in [9.17, 15) is 4.39 Å². The van der Waals surface area contributed by atoms with Crippen LogP contribution in [0.3, 0.4) is 0 Å². The lowest BCUT2D eigenvalue weighted by Crippen LogP contribution is -2.02. The van der Waals surface area contributed by atoms with E-state index < -0.39 is 5.82 Å². The SMILES string of the molecule is CCCc1nc(Br)cnc1Nc1ccc(Cl)c(F)c1. The Morgan fingerprint density at radius 3 is 2.89 bits per heavy atom. The average molecular weight is 345 g/mol. The van der Waals surface area contributed by atoms with E-state index in [1.165, 1.54) is 12.1 Å². The van der Waals surface area contributed by atoms with Crippen LogP contribution in [0.4, 0.5) is 15.9 Å². The third kappa shape index (κ3) is 3.64. The van der Waals surface area contributed by atoms with E-state index in [2.05, 4.69) is 38.1 Å². The molecular weight excluding hydrogens is 333 g/mol. The van der Waals surface area contributed by atoms with Gasteiger partial charge in [0, 0.05) is 5.69 Å². The molecule has 1 N–H and O–H groups in total. The van der Waals surface area contributed by atoms with Crippen LogP contribution in [0.25, 0.3) is 0 Å². The molecule has 0 bridgehead atoms. The highest BCUT2D eigenvalue weighted by Crippen LogP contribution is 2.23. The molecule has 6 heteroatoms. The molecule has 1 aromatic carbocycles. The lowest BCUT2D eigenvalue weighted by molar-refractivity contribution is 0.629. The second kappa shape index (κ2) is 6.30. The summed E-state index contributed by atoms with van der Waals surface area (Å²) in [6.45, 7) is 2.06. The smallest absolute Gasteiger partial charge is 0.152 e. The third-order valence-corrected chi connectivity index (χ3v) is 3.17. The fraction of sp³-hybridized carbons (Fsp3) is 0.231. The monoisotopic (exact) mass is 343 g/mol. The van der Waals surface area contributed by atoms with E-state index in [4.69, 9.17) is 11.6 Å². The second-order valence-corrected chi connectivity index (χ2v) is 5.21. The van der Waals surface area contributed by atoms with Gasteiger partial charge in [0.2, 0.25) is 0 Å². The predicted molar refractivity (Wildman–Crippen MR) is 78.4 cm³/mol. The molecule has 0 fully saturated rings. The van der Waals surface area contributed by atoms with Crippen LogP contribution in [0.15, 0.2) is 29.0 Å². The van der Waals surface area contributed by atoms with Gasteiger partial charge in [0.15, 0.2) is 5.82 Å². The molecule has 0 amide bonds. The molecule has 1 heterocycles. The first-order chi connectivity index (χ1) is 9.10. The number of rotatable bonds is 4. The Bertz CT molecular complexity index is 592.